The quantitative estimate of drug-likeness (QED) is 0.261. The Labute approximate surface area is 241 Å². The number of anilines is 1. The molecule has 218 valence electrons. The zero-order valence-corrected chi connectivity index (χ0v) is 24.0. The topological polar surface area (TPSA) is 117 Å². The highest BCUT2D eigenvalue weighted by atomic mass is 19.1. The van der Waals surface area contributed by atoms with Crippen LogP contribution in [0.4, 0.5) is 10.1 Å². The maximum atomic E-state index is 13.4. The molecule has 0 radical (unpaired) electrons. The smallest absolute Gasteiger partial charge is 0.272 e. The molecule has 9 heteroatoms. The van der Waals surface area contributed by atoms with Crippen molar-refractivity contribution < 1.29 is 18.8 Å². The van der Waals surface area contributed by atoms with Crippen molar-refractivity contribution >= 4 is 23.4 Å². The van der Waals surface area contributed by atoms with Crippen LogP contribution in [0.5, 0.6) is 0 Å². The number of pyridine rings is 1. The molecular formula is C32H40FN5O3. The van der Waals surface area contributed by atoms with E-state index in [9.17, 15) is 18.8 Å². The Balaban J connectivity index is 1.74. The van der Waals surface area contributed by atoms with E-state index in [1.165, 1.54) is 24.3 Å². The van der Waals surface area contributed by atoms with E-state index >= 15 is 0 Å². The molecule has 4 N–H and O–H groups in total. The monoisotopic (exact) mass is 561 g/mol. The van der Waals surface area contributed by atoms with E-state index in [2.05, 4.69) is 15.6 Å². The normalized spacial score (nSPS) is 13.1. The van der Waals surface area contributed by atoms with Gasteiger partial charge in [-0.3, -0.25) is 14.4 Å². The van der Waals surface area contributed by atoms with Crippen molar-refractivity contribution in [3.63, 3.8) is 0 Å². The van der Waals surface area contributed by atoms with Crippen LogP contribution in [0, 0.1) is 11.7 Å². The predicted molar refractivity (Wildman–Crippen MR) is 159 cm³/mol. The molecule has 3 amide bonds. The molecule has 2 aromatic carbocycles. The highest BCUT2D eigenvalue weighted by Gasteiger charge is 2.26. The summed E-state index contributed by atoms with van der Waals surface area (Å²) in [6.45, 7) is 7.01. The average molecular weight is 562 g/mol. The van der Waals surface area contributed by atoms with Crippen LogP contribution in [-0.4, -0.2) is 52.8 Å². The van der Waals surface area contributed by atoms with Crippen molar-refractivity contribution in [1.29, 1.82) is 0 Å². The highest BCUT2D eigenvalue weighted by molar-refractivity contribution is 5.96. The van der Waals surface area contributed by atoms with Gasteiger partial charge in [-0.1, -0.05) is 57.2 Å². The second-order valence-electron chi connectivity index (χ2n) is 10.3. The first-order valence-corrected chi connectivity index (χ1v) is 14.1. The Kier molecular flexibility index (Phi) is 12.0. The third-order valence-electron chi connectivity index (χ3n) is 6.79. The number of hydrogen-bond acceptors (Lipinski definition) is 5. The molecule has 0 unspecified atom stereocenters. The number of nitrogens with two attached hydrogens (primary N) is 1. The number of halogens is 1. The Morgan fingerprint density at radius 1 is 0.902 bits per heavy atom. The van der Waals surface area contributed by atoms with E-state index < -0.39 is 23.9 Å². The molecule has 0 spiro atoms. The lowest BCUT2D eigenvalue weighted by Gasteiger charge is -2.27. The molecule has 1 heterocycles. The van der Waals surface area contributed by atoms with Gasteiger partial charge >= 0.3 is 0 Å². The van der Waals surface area contributed by atoms with Crippen LogP contribution in [0.25, 0.3) is 0 Å². The molecule has 0 aliphatic rings. The van der Waals surface area contributed by atoms with Gasteiger partial charge in [0.2, 0.25) is 5.91 Å². The Hall–Kier alpha value is -4.11. The summed E-state index contributed by atoms with van der Waals surface area (Å²) in [7, 11) is 0. The SMILES string of the molecule is CCCN(CCC)C(=O)c1cccc(C(=O)N[C@@H](Cc2ccccc2)[C@@H](N)C[C@@H](C)C(=O)Nc2ccc(F)cc2)n1. The summed E-state index contributed by atoms with van der Waals surface area (Å²) in [5, 5.41) is 5.78. The molecule has 0 bridgehead atoms. The van der Waals surface area contributed by atoms with Gasteiger partial charge in [0.1, 0.15) is 17.2 Å². The van der Waals surface area contributed by atoms with Gasteiger partial charge in [0, 0.05) is 36.8 Å². The van der Waals surface area contributed by atoms with Crippen LogP contribution in [0.15, 0.2) is 72.8 Å². The number of nitrogens with one attached hydrogen (secondary N) is 2. The molecule has 3 rings (SSSR count). The Morgan fingerprint density at radius 3 is 2.17 bits per heavy atom. The molecule has 8 nitrogen and oxygen atoms in total. The number of carbonyl (C=O) groups is 3. The molecule has 3 atom stereocenters. The molecule has 41 heavy (non-hydrogen) atoms. The Morgan fingerprint density at radius 2 is 1.54 bits per heavy atom. The summed E-state index contributed by atoms with van der Waals surface area (Å²) < 4.78 is 13.2. The summed E-state index contributed by atoms with van der Waals surface area (Å²) in [6.07, 6.45) is 2.38. The first kappa shape index (κ1) is 31.4. The molecule has 1 aromatic heterocycles. The molecule has 0 aliphatic heterocycles. The van der Waals surface area contributed by atoms with Gasteiger partial charge in [-0.05, 0) is 67.6 Å². The van der Waals surface area contributed by atoms with Crippen LogP contribution in [0.3, 0.4) is 0 Å². The van der Waals surface area contributed by atoms with E-state index in [-0.39, 0.29) is 29.0 Å². The summed E-state index contributed by atoms with van der Waals surface area (Å²) in [4.78, 5) is 45.4. The largest absolute Gasteiger partial charge is 0.346 e. The van der Waals surface area contributed by atoms with Crippen LogP contribution >= 0.6 is 0 Å². The van der Waals surface area contributed by atoms with Crippen LogP contribution < -0.4 is 16.4 Å². The number of benzene rings is 2. The van der Waals surface area contributed by atoms with Crippen molar-refractivity contribution in [3.8, 4) is 0 Å². The minimum Gasteiger partial charge on any atom is -0.346 e. The number of hydrogen-bond donors (Lipinski definition) is 3. The molecule has 0 fully saturated rings. The van der Waals surface area contributed by atoms with Crippen LogP contribution in [0.1, 0.15) is 66.6 Å². The second kappa shape index (κ2) is 15.6. The number of aromatic nitrogens is 1. The lowest BCUT2D eigenvalue weighted by Crippen LogP contribution is -2.50. The van der Waals surface area contributed by atoms with Crippen molar-refractivity contribution in [2.75, 3.05) is 18.4 Å². The standard InChI is InChI=1S/C32H40FN5O3/c1-4-18-38(19-5-2)32(41)28-13-9-12-27(36-28)31(40)37-29(21-23-10-7-6-8-11-23)26(34)20-22(3)30(39)35-25-16-14-24(33)15-17-25/h6-17,22,26,29H,4-5,18-21,34H2,1-3H3,(H,35,39)(H,37,40)/t22-,26+,29+/m1/s1. The van der Waals surface area contributed by atoms with Gasteiger partial charge in [-0.15, -0.1) is 0 Å². The van der Waals surface area contributed by atoms with Crippen molar-refractivity contribution in [3.05, 3.63) is 95.6 Å². The number of amides is 3. The van der Waals surface area contributed by atoms with E-state index in [0.717, 1.165) is 18.4 Å². The molecule has 0 saturated heterocycles. The number of nitrogens with zero attached hydrogens (tertiary/aromatic N) is 2. The average Bonchev–Trinajstić information content (AvgIpc) is 2.98. The first-order chi connectivity index (χ1) is 19.7. The van der Waals surface area contributed by atoms with E-state index in [4.69, 9.17) is 5.73 Å². The second-order valence-corrected chi connectivity index (χ2v) is 10.3. The van der Waals surface area contributed by atoms with E-state index in [1.54, 1.807) is 30.0 Å². The zero-order chi connectivity index (χ0) is 29.8. The summed E-state index contributed by atoms with van der Waals surface area (Å²) in [5.74, 6) is -1.78. The fourth-order valence-electron chi connectivity index (χ4n) is 4.60. The van der Waals surface area contributed by atoms with Gasteiger partial charge in [-0.2, -0.15) is 0 Å². The first-order valence-electron chi connectivity index (χ1n) is 14.1. The third-order valence-corrected chi connectivity index (χ3v) is 6.79. The number of carbonyl (C=O) groups excluding carboxylic acids is 3. The van der Waals surface area contributed by atoms with Crippen molar-refractivity contribution in [2.24, 2.45) is 11.7 Å². The third kappa shape index (κ3) is 9.49. The van der Waals surface area contributed by atoms with Gasteiger partial charge in [0.15, 0.2) is 0 Å². The maximum Gasteiger partial charge on any atom is 0.272 e. The lowest BCUT2D eigenvalue weighted by molar-refractivity contribution is -0.119. The summed E-state index contributed by atoms with van der Waals surface area (Å²) in [5.41, 5.74) is 8.41. The molecule has 0 aliphatic carbocycles. The van der Waals surface area contributed by atoms with Gasteiger partial charge in [0.25, 0.3) is 11.8 Å². The minimum absolute atomic E-state index is 0.121. The van der Waals surface area contributed by atoms with Crippen molar-refractivity contribution in [1.82, 2.24) is 15.2 Å². The summed E-state index contributed by atoms with van der Waals surface area (Å²) >= 11 is 0. The highest BCUT2D eigenvalue weighted by Crippen LogP contribution is 2.16. The zero-order valence-electron chi connectivity index (χ0n) is 24.0. The number of rotatable bonds is 14. The Bertz CT molecular complexity index is 1280. The molecule has 0 saturated carbocycles. The van der Waals surface area contributed by atoms with Crippen molar-refractivity contribution in [2.45, 2.75) is 58.5 Å². The van der Waals surface area contributed by atoms with Crippen LogP contribution in [0.2, 0.25) is 0 Å². The van der Waals surface area contributed by atoms with Gasteiger partial charge < -0.3 is 21.3 Å². The molecular weight excluding hydrogens is 521 g/mol. The van der Waals surface area contributed by atoms with Crippen LogP contribution in [-0.2, 0) is 11.2 Å². The van der Waals surface area contributed by atoms with E-state index in [1.807, 2.05) is 44.2 Å². The lowest BCUT2D eigenvalue weighted by atomic mass is 9.92. The minimum atomic E-state index is -0.567. The van der Waals surface area contributed by atoms with Gasteiger partial charge in [0.05, 0.1) is 0 Å². The maximum absolute atomic E-state index is 13.4. The fourth-order valence-corrected chi connectivity index (χ4v) is 4.60. The van der Waals surface area contributed by atoms with E-state index in [0.29, 0.717) is 31.6 Å². The molecule has 3 aromatic rings. The van der Waals surface area contributed by atoms with Gasteiger partial charge in [-0.25, -0.2) is 9.37 Å². The predicted octanol–water partition coefficient (Wildman–Crippen LogP) is 4.82. The fraction of sp³-hybridized carbons (Fsp3) is 0.375. The summed E-state index contributed by atoms with van der Waals surface area (Å²) in [6, 6.07) is 18.9.